The zero-order chi connectivity index (χ0) is 15.4. The Labute approximate surface area is 130 Å². The summed E-state index contributed by atoms with van der Waals surface area (Å²) >= 11 is 3.36. The Balaban J connectivity index is 2.18. The molecule has 0 radical (unpaired) electrons. The minimum absolute atomic E-state index is 0.0225. The lowest BCUT2D eigenvalue weighted by Gasteiger charge is -2.08. The summed E-state index contributed by atoms with van der Waals surface area (Å²) in [5, 5.41) is 14.3. The van der Waals surface area contributed by atoms with Crippen LogP contribution in [0.3, 0.4) is 0 Å². The molecule has 0 saturated heterocycles. The summed E-state index contributed by atoms with van der Waals surface area (Å²) in [6.07, 6.45) is 0. The summed E-state index contributed by atoms with van der Waals surface area (Å²) < 4.78 is 0.735. The third-order valence-electron chi connectivity index (χ3n) is 2.91. The van der Waals surface area contributed by atoms with Crippen LogP contribution >= 0.6 is 15.9 Å². The first kappa shape index (κ1) is 15.1. The first-order valence-corrected chi connectivity index (χ1v) is 6.96. The highest BCUT2D eigenvalue weighted by Crippen LogP contribution is 2.20. The Hall–Kier alpha value is -2.34. The lowest BCUT2D eigenvalue weighted by Crippen LogP contribution is -2.14. The fourth-order valence-electron chi connectivity index (χ4n) is 1.79. The van der Waals surface area contributed by atoms with Gasteiger partial charge in [-0.15, -0.1) is 0 Å². The maximum Gasteiger partial charge on any atom is 0.256 e. The van der Waals surface area contributed by atoms with E-state index in [2.05, 4.69) is 26.4 Å². The van der Waals surface area contributed by atoms with Crippen LogP contribution in [0.4, 0.5) is 5.69 Å². The third-order valence-corrected chi connectivity index (χ3v) is 3.60. The highest BCUT2D eigenvalue weighted by molar-refractivity contribution is 9.10. The Morgan fingerprint density at radius 1 is 1.24 bits per heavy atom. The van der Waals surface area contributed by atoms with E-state index in [1.54, 1.807) is 24.3 Å². The fraction of sp³-hybridized carbons (Fsp3) is 0.0667. The van der Waals surface area contributed by atoms with Crippen molar-refractivity contribution in [2.75, 3.05) is 5.32 Å². The lowest BCUT2D eigenvalue weighted by atomic mass is 10.1. The summed E-state index contributed by atoms with van der Waals surface area (Å²) in [5.74, 6) is -0.184. The molecule has 0 aliphatic rings. The maximum atomic E-state index is 12.2. The van der Waals surface area contributed by atoms with Gasteiger partial charge in [-0.1, -0.05) is 16.8 Å². The number of hydrogen-bond acceptors (Lipinski definition) is 3. The zero-order valence-corrected chi connectivity index (χ0v) is 12.9. The number of benzene rings is 2. The zero-order valence-electron chi connectivity index (χ0n) is 11.3. The molecule has 4 N–H and O–H groups in total. The third kappa shape index (κ3) is 3.61. The number of oxime groups is 1. The van der Waals surface area contributed by atoms with Crippen LogP contribution in [0.2, 0.25) is 0 Å². The van der Waals surface area contributed by atoms with Gasteiger partial charge in [-0.2, -0.15) is 0 Å². The molecule has 0 unspecified atom stereocenters. The molecule has 1 amide bonds. The van der Waals surface area contributed by atoms with Crippen molar-refractivity contribution in [3.63, 3.8) is 0 Å². The quantitative estimate of drug-likeness (QED) is 0.345. The molecule has 6 heteroatoms. The van der Waals surface area contributed by atoms with Gasteiger partial charge in [-0.05, 0) is 59.3 Å². The first-order chi connectivity index (χ1) is 10.0. The second kappa shape index (κ2) is 6.41. The average Bonchev–Trinajstić information content (AvgIpc) is 2.49. The molecule has 0 heterocycles. The van der Waals surface area contributed by atoms with Gasteiger partial charge in [-0.25, -0.2) is 0 Å². The minimum Gasteiger partial charge on any atom is -0.409 e. The monoisotopic (exact) mass is 347 g/mol. The minimum atomic E-state index is -0.206. The smallest absolute Gasteiger partial charge is 0.256 e. The second-order valence-corrected chi connectivity index (χ2v) is 5.35. The largest absolute Gasteiger partial charge is 0.409 e. The number of nitrogens with one attached hydrogen (secondary N) is 1. The van der Waals surface area contributed by atoms with E-state index in [4.69, 9.17) is 10.9 Å². The predicted octanol–water partition coefficient (Wildman–Crippen LogP) is 3.10. The Bertz CT molecular complexity index is 697. The summed E-state index contributed by atoms with van der Waals surface area (Å²) in [6, 6.07) is 12.3. The molecule has 0 spiro atoms. The topological polar surface area (TPSA) is 87.7 Å². The van der Waals surface area contributed by atoms with E-state index in [9.17, 15) is 4.79 Å². The van der Waals surface area contributed by atoms with Gasteiger partial charge in [0.25, 0.3) is 5.91 Å². The van der Waals surface area contributed by atoms with Crippen molar-refractivity contribution in [1.29, 1.82) is 0 Å². The highest BCUT2D eigenvalue weighted by Gasteiger charge is 2.10. The van der Waals surface area contributed by atoms with E-state index in [0.29, 0.717) is 16.8 Å². The van der Waals surface area contributed by atoms with E-state index >= 15 is 0 Å². The molecule has 0 aromatic heterocycles. The van der Waals surface area contributed by atoms with Gasteiger partial charge in [0, 0.05) is 15.7 Å². The number of aryl methyl sites for hydroxylation is 1. The van der Waals surface area contributed by atoms with Gasteiger partial charge in [-0.3, -0.25) is 4.79 Å². The van der Waals surface area contributed by atoms with Crippen LogP contribution < -0.4 is 11.1 Å². The highest BCUT2D eigenvalue weighted by atomic mass is 79.9. The number of halogens is 1. The SMILES string of the molecule is Cc1ccc(Br)c(C(=O)Nc2ccc(/C(N)=N/O)cc2)c1. The number of carbonyl (C=O) groups excluding carboxylic acids is 1. The van der Waals surface area contributed by atoms with Crippen molar-refractivity contribution in [1.82, 2.24) is 0 Å². The standard InChI is InChI=1S/C15H14BrN3O2/c1-9-2-7-13(16)12(8-9)15(20)18-11-5-3-10(4-6-11)14(17)19-21/h2-8,21H,1H3,(H2,17,19)(H,18,20). The summed E-state index contributed by atoms with van der Waals surface area (Å²) in [6.45, 7) is 1.93. The van der Waals surface area contributed by atoms with E-state index in [1.165, 1.54) is 0 Å². The molecule has 2 rings (SSSR count). The van der Waals surface area contributed by atoms with Crippen molar-refractivity contribution in [3.05, 3.63) is 63.6 Å². The van der Waals surface area contributed by atoms with Crippen molar-refractivity contribution in [2.45, 2.75) is 6.92 Å². The molecular weight excluding hydrogens is 334 g/mol. The lowest BCUT2D eigenvalue weighted by molar-refractivity contribution is 0.102. The fourth-order valence-corrected chi connectivity index (χ4v) is 2.22. The van der Waals surface area contributed by atoms with Gasteiger partial charge in [0.1, 0.15) is 0 Å². The molecular formula is C15H14BrN3O2. The number of amidine groups is 1. The summed E-state index contributed by atoms with van der Waals surface area (Å²) in [7, 11) is 0. The molecule has 108 valence electrons. The van der Waals surface area contributed by atoms with Gasteiger partial charge in [0.15, 0.2) is 5.84 Å². The van der Waals surface area contributed by atoms with Gasteiger partial charge in [0.05, 0.1) is 5.56 Å². The maximum absolute atomic E-state index is 12.2. The van der Waals surface area contributed by atoms with Crippen LogP contribution in [-0.2, 0) is 0 Å². The van der Waals surface area contributed by atoms with Gasteiger partial charge >= 0.3 is 0 Å². The molecule has 0 aliphatic heterocycles. The van der Waals surface area contributed by atoms with E-state index in [-0.39, 0.29) is 11.7 Å². The summed E-state index contributed by atoms with van der Waals surface area (Å²) in [4.78, 5) is 12.2. The van der Waals surface area contributed by atoms with Crippen LogP contribution in [0.15, 0.2) is 52.1 Å². The van der Waals surface area contributed by atoms with Crippen LogP contribution in [0.1, 0.15) is 21.5 Å². The second-order valence-electron chi connectivity index (χ2n) is 4.50. The molecule has 21 heavy (non-hydrogen) atoms. The van der Waals surface area contributed by atoms with E-state index < -0.39 is 0 Å². The van der Waals surface area contributed by atoms with Crippen LogP contribution in [0, 0.1) is 6.92 Å². The van der Waals surface area contributed by atoms with Crippen molar-refractivity contribution >= 4 is 33.4 Å². The Kier molecular flexibility index (Phi) is 4.59. The van der Waals surface area contributed by atoms with Crippen LogP contribution in [0.5, 0.6) is 0 Å². The number of nitrogens with zero attached hydrogens (tertiary/aromatic N) is 1. The van der Waals surface area contributed by atoms with Crippen LogP contribution in [0.25, 0.3) is 0 Å². The van der Waals surface area contributed by atoms with E-state index in [0.717, 1.165) is 10.0 Å². The molecule has 0 aliphatic carbocycles. The number of hydrogen-bond donors (Lipinski definition) is 3. The Morgan fingerprint density at radius 3 is 2.52 bits per heavy atom. The number of rotatable bonds is 3. The van der Waals surface area contributed by atoms with Crippen molar-refractivity contribution in [2.24, 2.45) is 10.9 Å². The number of carbonyl (C=O) groups is 1. The molecule has 5 nitrogen and oxygen atoms in total. The van der Waals surface area contributed by atoms with Gasteiger partial charge < -0.3 is 16.3 Å². The Morgan fingerprint density at radius 2 is 1.90 bits per heavy atom. The number of amides is 1. The molecule has 0 fully saturated rings. The normalized spacial score (nSPS) is 11.2. The molecule has 2 aromatic carbocycles. The first-order valence-electron chi connectivity index (χ1n) is 6.16. The molecule has 0 saturated carbocycles. The van der Waals surface area contributed by atoms with Gasteiger partial charge in [0.2, 0.25) is 0 Å². The molecule has 2 aromatic rings. The molecule has 0 atom stereocenters. The predicted molar refractivity (Wildman–Crippen MR) is 85.8 cm³/mol. The van der Waals surface area contributed by atoms with Crippen molar-refractivity contribution < 1.29 is 10.0 Å². The van der Waals surface area contributed by atoms with Crippen molar-refractivity contribution in [3.8, 4) is 0 Å². The number of nitrogens with two attached hydrogens (primary N) is 1. The number of anilines is 1. The summed E-state index contributed by atoms with van der Waals surface area (Å²) in [5.41, 5.74) is 8.25. The average molecular weight is 348 g/mol. The van der Waals surface area contributed by atoms with Crippen LogP contribution in [-0.4, -0.2) is 17.0 Å². The van der Waals surface area contributed by atoms with E-state index in [1.807, 2.05) is 25.1 Å². The molecule has 0 bridgehead atoms.